The van der Waals surface area contributed by atoms with Crippen LogP contribution in [0.1, 0.15) is 46.7 Å². The minimum Gasteiger partial charge on any atom is -0.342 e. The lowest BCUT2D eigenvalue weighted by Crippen LogP contribution is -2.25. The maximum absolute atomic E-state index is 12.3. The lowest BCUT2D eigenvalue weighted by molar-refractivity contribution is 0.0936. The Hall–Kier alpha value is -2.89. The van der Waals surface area contributed by atoms with Crippen LogP contribution in [-0.4, -0.2) is 20.6 Å². The highest BCUT2D eigenvalue weighted by atomic mass is 16.5. The first-order valence-electron chi connectivity index (χ1n) is 8.10. The second-order valence-corrected chi connectivity index (χ2v) is 5.98. The number of carbonyl (C=O) groups excluding carboxylic acids is 1. The molecule has 0 saturated heterocycles. The third-order valence-corrected chi connectivity index (χ3v) is 4.07. The molecule has 0 radical (unpaired) electrons. The molecular weight excluding hydrogens is 304 g/mol. The molecule has 1 saturated carbocycles. The van der Waals surface area contributed by atoms with Gasteiger partial charge in [0.15, 0.2) is 5.82 Å². The number of rotatable bonds is 6. The molecule has 0 aliphatic heterocycles. The Morgan fingerprint density at radius 3 is 2.83 bits per heavy atom. The Balaban J connectivity index is 1.36. The van der Waals surface area contributed by atoms with Gasteiger partial charge in [0, 0.05) is 18.7 Å². The predicted octanol–water partition coefficient (Wildman–Crippen LogP) is 2.73. The van der Waals surface area contributed by atoms with E-state index in [2.05, 4.69) is 15.5 Å². The number of nitrogens with zero attached hydrogens (tertiary/aromatic N) is 3. The quantitative estimate of drug-likeness (QED) is 0.757. The standard InChI is InChI=1S/C18H18N4O2/c23-18(15-7-4-10-22(15)14-8-9-14)19-12-17-20-16(21-24-17)11-13-5-2-1-3-6-13/h1-7,10,14H,8-9,11-12H2,(H,19,23). The second-order valence-electron chi connectivity index (χ2n) is 5.98. The molecule has 2 aromatic heterocycles. The lowest BCUT2D eigenvalue weighted by atomic mass is 10.1. The zero-order valence-corrected chi connectivity index (χ0v) is 13.2. The van der Waals surface area contributed by atoms with Gasteiger partial charge < -0.3 is 14.4 Å². The van der Waals surface area contributed by atoms with Gasteiger partial charge in [-0.3, -0.25) is 4.79 Å². The monoisotopic (exact) mass is 322 g/mol. The van der Waals surface area contributed by atoms with Crippen molar-refractivity contribution in [2.45, 2.75) is 31.8 Å². The minimum absolute atomic E-state index is 0.116. The molecule has 0 spiro atoms. The van der Waals surface area contributed by atoms with Crippen LogP contribution in [0, 0.1) is 0 Å². The maximum Gasteiger partial charge on any atom is 0.268 e. The van der Waals surface area contributed by atoms with E-state index < -0.39 is 0 Å². The molecule has 0 bridgehead atoms. The van der Waals surface area contributed by atoms with E-state index in [4.69, 9.17) is 4.52 Å². The molecule has 1 aliphatic carbocycles. The number of hydrogen-bond acceptors (Lipinski definition) is 4. The highest BCUT2D eigenvalue weighted by Gasteiger charge is 2.26. The summed E-state index contributed by atoms with van der Waals surface area (Å²) in [6, 6.07) is 14.2. The Kier molecular flexibility index (Phi) is 3.86. The van der Waals surface area contributed by atoms with Crippen molar-refractivity contribution in [3.8, 4) is 0 Å². The summed E-state index contributed by atoms with van der Waals surface area (Å²) in [7, 11) is 0. The van der Waals surface area contributed by atoms with E-state index in [1.807, 2.05) is 53.2 Å². The van der Waals surface area contributed by atoms with Crippen LogP contribution in [0.3, 0.4) is 0 Å². The molecule has 6 nitrogen and oxygen atoms in total. The van der Waals surface area contributed by atoms with Crippen LogP contribution in [0.2, 0.25) is 0 Å². The number of nitrogens with one attached hydrogen (secondary N) is 1. The molecule has 1 aromatic carbocycles. The Labute approximate surface area is 139 Å². The Morgan fingerprint density at radius 1 is 1.21 bits per heavy atom. The highest BCUT2D eigenvalue weighted by molar-refractivity contribution is 5.92. The molecular formula is C18H18N4O2. The van der Waals surface area contributed by atoms with Gasteiger partial charge >= 0.3 is 0 Å². The summed E-state index contributed by atoms with van der Waals surface area (Å²) in [5, 5.41) is 6.81. The molecule has 3 aromatic rings. The van der Waals surface area contributed by atoms with Crippen molar-refractivity contribution in [3.05, 3.63) is 71.6 Å². The van der Waals surface area contributed by atoms with E-state index in [1.54, 1.807) is 0 Å². The molecule has 1 amide bonds. The smallest absolute Gasteiger partial charge is 0.268 e. The molecule has 24 heavy (non-hydrogen) atoms. The molecule has 2 heterocycles. The van der Waals surface area contributed by atoms with Crippen LogP contribution in [0.25, 0.3) is 0 Å². The first-order valence-corrected chi connectivity index (χ1v) is 8.10. The van der Waals surface area contributed by atoms with Gasteiger partial charge in [-0.05, 0) is 30.5 Å². The minimum atomic E-state index is -0.116. The second kappa shape index (κ2) is 6.31. The van der Waals surface area contributed by atoms with Crippen LogP contribution in [-0.2, 0) is 13.0 Å². The first kappa shape index (κ1) is 14.7. The number of carbonyl (C=O) groups is 1. The van der Waals surface area contributed by atoms with Crippen molar-refractivity contribution >= 4 is 5.91 Å². The number of aromatic nitrogens is 3. The summed E-state index contributed by atoms with van der Waals surface area (Å²) in [6.45, 7) is 0.233. The van der Waals surface area contributed by atoms with E-state index in [-0.39, 0.29) is 12.5 Å². The first-order chi connectivity index (χ1) is 11.8. The normalized spacial score (nSPS) is 13.8. The largest absolute Gasteiger partial charge is 0.342 e. The van der Waals surface area contributed by atoms with Gasteiger partial charge in [0.2, 0.25) is 5.89 Å². The van der Waals surface area contributed by atoms with Crippen molar-refractivity contribution in [1.29, 1.82) is 0 Å². The van der Waals surface area contributed by atoms with Crippen LogP contribution in [0.5, 0.6) is 0 Å². The van der Waals surface area contributed by atoms with E-state index in [0.717, 1.165) is 18.4 Å². The zero-order chi connectivity index (χ0) is 16.4. The van der Waals surface area contributed by atoms with E-state index in [0.29, 0.717) is 29.9 Å². The van der Waals surface area contributed by atoms with Crippen LogP contribution in [0.4, 0.5) is 0 Å². The Morgan fingerprint density at radius 2 is 2.04 bits per heavy atom. The summed E-state index contributed by atoms with van der Waals surface area (Å²) >= 11 is 0. The van der Waals surface area contributed by atoms with Crippen molar-refractivity contribution in [3.63, 3.8) is 0 Å². The third kappa shape index (κ3) is 3.22. The fourth-order valence-corrected chi connectivity index (χ4v) is 2.72. The fraction of sp³-hybridized carbons (Fsp3) is 0.278. The van der Waals surface area contributed by atoms with E-state index in [1.165, 1.54) is 0 Å². The van der Waals surface area contributed by atoms with Crippen LogP contribution < -0.4 is 5.32 Å². The number of benzene rings is 1. The summed E-state index contributed by atoms with van der Waals surface area (Å²) in [5.41, 5.74) is 1.80. The average molecular weight is 322 g/mol. The molecule has 122 valence electrons. The molecule has 1 fully saturated rings. The van der Waals surface area contributed by atoms with Gasteiger partial charge in [-0.15, -0.1) is 0 Å². The third-order valence-electron chi connectivity index (χ3n) is 4.07. The van der Waals surface area contributed by atoms with Crippen molar-refractivity contribution in [2.75, 3.05) is 0 Å². The lowest BCUT2D eigenvalue weighted by Gasteiger charge is -2.07. The molecule has 4 rings (SSSR count). The van der Waals surface area contributed by atoms with E-state index in [9.17, 15) is 4.79 Å². The van der Waals surface area contributed by atoms with Crippen molar-refractivity contribution in [2.24, 2.45) is 0 Å². The highest BCUT2D eigenvalue weighted by Crippen LogP contribution is 2.35. The molecule has 0 atom stereocenters. The predicted molar refractivity (Wildman–Crippen MR) is 87.4 cm³/mol. The van der Waals surface area contributed by atoms with Crippen LogP contribution in [0.15, 0.2) is 53.2 Å². The van der Waals surface area contributed by atoms with Crippen LogP contribution >= 0.6 is 0 Å². The molecule has 1 N–H and O–H groups in total. The SMILES string of the molecule is O=C(NCc1nc(Cc2ccccc2)no1)c1cccn1C1CC1. The number of amides is 1. The van der Waals surface area contributed by atoms with Crippen molar-refractivity contribution in [1.82, 2.24) is 20.0 Å². The molecule has 0 unspecified atom stereocenters. The van der Waals surface area contributed by atoms with Gasteiger partial charge in [0.05, 0.1) is 6.54 Å². The summed E-state index contributed by atoms with van der Waals surface area (Å²) in [4.78, 5) is 16.6. The topological polar surface area (TPSA) is 73.0 Å². The molecule has 6 heteroatoms. The van der Waals surface area contributed by atoms with Gasteiger partial charge in [-0.2, -0.15) is 4.98 Å². The van der Waals surface area contributed by atoms with E-state index >= 15 is 0 Å². The fourth-order valence-electron chi connectivity index (χ4n) is 2.72. The van der Waals surface area contributed by atoms with Gasteiger partial charge in [-0.1, -0.05) is 35.5 Å². The summed E-state index contributed by atoms with van der Waals surface area (Å²) in [5.74, 6) is 0.917. The van der Waals surface area contributed by atoms with Crippen molar-refractivity contribution < 1.29 is 9.32 Å². The average Bonchev–Trinajstić information content (AvgIpc) is 3.16. The number of hydrogen-bond donors (Lipinski definition) is 1. The maximum atomic E-state index is 12.3. The van der Waals surface area contributed by atoms with Gasteiger partial charge in [-0.25, -0.2) is 0 Å². The van der Waals surface area contributed by atoms with Gasteiger partial charge in [0.25, 0.3) is 5.91 Å². The summed E-state index contributed by atoms with van der Waals surface area (Å²) < 4.78 is 7.24. The molecule has 1 aliphatic rings. The van der Waals surface area contributed by atoms with Gasteiger partial charge in [0.1, 0.15) is 5.69 Å². The zero-order valence-electron chi connectivity index (χ0n) is 13.2. The Bertz CT molecular complexity index is 834. The summed E-state index contributed by atoms with van der Waals surface area (Å²) in [6.07, 6.45) is 4.85.